The van der Waals surface area contributed by atoms with E-state index < -0.39 is 0 Å². The first-order valence-corrected chi connectivity index (χ1v) is 7.69. The van der Waals surface area contributed by atoms with Crippen molar-refractivity contribution in [2.75, 3.05) is 0 Å². The molecule has 1 N–H and O–H groups in total. The number of hydrogen-bond donors (Lipinski definition) is 1. The second kappa shape index (κ2) is 6.11. The Morgan fingerprint density at radius 1 is 1.42 bits per heavy atom. The standard InChI is InChI=1S/C14H16BrFN2S/c1-8(14-9(2)18-10(3)19-14)17-7-11-4-5-12(15)6-13(11)16/h4-6,8,17H,7H2,1-3H3. The maximum Gasteiger partial charge on any atom is 0.128 e. The van der Waals surface area contributed by atoms with Crippen LogP contribution in [0.4, 0.5) is 4.39 Å². The normalized spacial score (nSPS) is 12.7. The average molecular weight is 343 g/mol. The van der Waals surface area contributed by atoms with Crippen LogP contribution in [-0.4, -0.2) is 4.98 Å². The fourth-order valence-corrected chi connectivity index (χ4v) is 3.26. The Balaban J connectivity index is 2.04. The summed E-state index contributed by atoms with van der Waals surface area (Å²) in [5.74, 6) is -0.189. The van der Waals surface area contributed by atoms with Crippen LogP contribution in [-0.2, 0) is 6.54 Å². The molecule has 2 aromatic rings. The Bertz CT molecular complexity index is 583. The summed E-state index contributed by atoms with van der Waals surface area (Å²) in [5, 5.41) is 4.41. The Hall–Kier alpha value is -0.780. The number of halogens is 2. The highest BCUT2D eigenvalue weighted by molar-refractivity contribution is 9.10. The van der Waals surface area contributed by atoms with E-state index in [1.165, 1.54) is 10.9 Å². The van der Waals surface area contributed by atoms with Gasteiger partial charge in [0.05, 0.1) is 10.7 Å². The molecular formula is C14H16BrFN2S. The molecule has 0 fully saturated rings. The molecule has 1 atom stereocenters. The summed E-state index contributed by atoms with van der Waals surface area (Å²) in [6, 6.07) is 5.31. The minimum atomic E-state index is -0.189. The van der Waals surface area contributed by atoms with Gasteiger partial charge in [0.25, 0.3) is 0 Å². The third-order valence-corrected chi connectivity index (χ3v) is 4.70. The molecule has 2 nitrogen and oxygen atoms in total. The molecule has 1 aromatic heterocycles. The van der Waals surface area contributed by atoms with E-state index in [4.69, 9.17) is 0 Å². The van der Waals surface area contributed by atoms with Crippen LogP contribution < -0.4 is 5.32 Å². The lowest BCUT2D eigenvalue weighted by Crippen LogP contribution is -2.18. The van der Waals surface area contributed by atoms with Crippen molar-refractivity contribution in [3.05, 3.63) is 49.6 Å². The van der Waals surface area contributed by atoms with E-state index in [0.717, 1.165) is 15.2 Å². The highest BCUT2D eigenvalue weighted by Crippen LogP contribution is 2.25. The third kappa shape index (κ3) is 3.61. The van der Waals surface area contributed by atoms with E-state index >= 15 is 0 Å². The van der Waals surface area contributed by atoms with Crippen LogP contribution in [0, 0.1) is 19.7 Å². The number of nitrogens with one attached hydrogen (secondary N) is 1. The van der Waals surface area contributed by atoms with Gasteiger partial charge in [0.2, 0.25) is 0 Å². The van der Waals surface area contributed by atoms with Gasteiger partial charge in [-0.2, -0.15) is 0 Å². The molecule has 0 saturated heterocycles. The molecule has 2 rings (SSSR count). The lowest BCUT2D eigenvalue weighted by molar-refractivity contribution is 0.547. The van der Waals surface area contributed by atoms with Crippen molar-refractivity contribution in [1.82, 2.24) is 10.3 Å². The van der Waals surface area contributed by atoms with Gasteiger partial charge in [-0.15, -0.1) is 11.3 Å². The number of thiazole rings is 1. The highest BCUT2D eigenvalue weighted by Gasteiger charge is 2.13. The van der Waals surface area contributed by atoms with Crippen molar-refractivity contribution < 1.29 is 4.39 Å². The van der Waals surface area contributed by atoms with Crippen molar-refractivity contribution in [1.29, 1.82) is 0 Å². The molecule has 0 spiro atoms. The van der Waals surface area contributed by atoms with Gasteiger partial charge in [0, 0.05) is 27.5 Å². The zero-order valence-electron chi connectivity index (χ0n) is 11.1. The summed E-state index contributed by atoms with van der Waals surface area (Å²) in [6.45, 7) is 6.60. The van der Waals surface area contributed by atoms with E-state index in [1.54, 1.807) is 17.4 Å². The van der Waals surface area contributed by atoms with Gasteiger partial charge in [-0.25, -0.2) is 9.37 Å². The lowest BCUT2D eigenvalue weighted by Gasteiger charge is -2.13. The number of nitrogens with zero attached hydrogens (tertiary/aromatic N) is 1. The molecule has 1 aromatic carbocycles. The van der Waals surface area contributed by atoms with Crippen LogP contribution in [0.25, 0.3) is 0 Å². The molecular weight excluding hydrogens is 327 g/mol. The summed E-state index contributed by atoms with van der Waals surface area (Å²) >= 11 is 4.95. The van der Waals surface area contributed by atoms with E-state index in [1.807, 2.05) is 19.9 Å². The summed E-state index contributed by atoms with van der Waals surface area (Å²) in [5.41, 5.74) is 1.73. The number of aromatic nitrogens is 1. The van der Waals surface area contributed by atoms with Crippen molar-refractivity contribution in [3.8, 4) is 0 Å². The van der Waals surface area contributed by atoms with Crippen LogP contribution in [0.3, 0.4) is 0 Å². The zero-order chi connectivity index (χ0) is 14.0. The molecule has 0 radical (unpaired) electrons. The first-order chi connectivity index (χ1) is 8.97. The Morgan fingerprint density at radius 3 is 2.74 bits per heavy atom. The van der Waals surface area contributed by atoms with Crippen LogP contribution in [0.1, 0.15) is 34.1 Å². The van der Waals surface area contributed by atoms with Gasteiger partial charge in [0.15, 0.2) is 0 Å². The lowest BCUT2D eigenvalue weighted by atomic mass is 10.2. The van der Waals surface area contributed by atoms with E-state index in [-0.39, 0.29) is 11.9 Å². The van der Waals surface area contributed by atoms with E-state index in [9.17, 15) is 4.39 Å². The highest BCUT2D eigenvalue weighted by atomic mass is 79.9. The van der Waals surface area contributed by atoms with Gasteiger partial charge in [-0.05, 0) is 32.9 Å². The Morgan fingerprint density at radius 2 is 2.16 bits per heavy atom. The quantitative estimate of drug-likeness (QED) is 0.883. The van der Waals surface area contributed by atoms with E-state index in [0.29, 0.717) is 12.1 Å². The number of rotatable bonds is 4. The van der Waals surface area contributed by atoms with Gasteiger partial charge < -0.3 is 5.32 Å². The van der Waals surface area contributed by atoms with Crippen molar-refractivity contribution in [2.45, 2.75) is 33.4 Å². The van der Waals surface area contributed by atoms with Crippen LogP contribution in [0.5, 0.6) is 0 Å². The predicted molar refractivity (Wildman–Crippen MR) is 80.9 cm³/mol. The molecule has 0 amide bonds. The first-order valence-electron chi connectivity index (χ1n) is 6.08. The monoisotopic (exact) mass is 342 g/mol. The van der Waals surface area contributed by atoms with Gasteiger partial charge in [-0.1, -0.05) is 22.0 Å². The average Bonchev–Trinajstić information content (AvgIpc) is 2.67. The van der Waals surface area contributed by atoms with Crippen LogP contribution in [0.15, 0.2) is 22.7 Å². The summed E-state index contributed by atoms with van der Waals surface area (Å²) in [4.78, 5) is 5.63. The maximum atomic E-state index is 13.7. The molecule has 1 unspecified atom stereocenters. The molecule has 1 heterocycles. The SMILES string of the molecule is Cc1nc(C)c(C(C)NCc2ccc(Br)cc2F)s1. The molecule has 0 saturated carbocycles. The first kappa shape index (κ1) is 14.6. The van der Waals surface area contributed by atoms with Crippen molar-refractivity contribution in [2.24, 2.45) is 0 Å². The molecule has 102 valence electrons. The largest absolute Gasteiger partial charge is 0.305 e. The Labute approximate surface area is 125 Å². The smallest absolute Gasteiger partial charge is 0.128 e. The molecule has 19 heavy (non-hydrogen) atoms. The minimum Gasteiger partial charge on any atom is -0.305 e. The molecule has 0 aliphatic carbocycles. The molecule has 0 aliphatic heterocycles. The van der Waals surface area contributed by atoms with Crippen molar-refractivity contribution in [3.63, 3.8) is 0 Å². The number of benzene rings is 1. The predicted octanol–water partition coefficient (Wildman–Crippen LogP) is 4.51. The van der Waals surface area contributed by atoms with E-state index in [2.05, 4.69) is 33.2 Å². The zero-order valence-corrected chi connectivity index (χ0v) is 13.5. The number of hydrogen-bond acceptors (Lipinski definition) is 3. The van der Waals surface area contributed by atoms with Gasteiger partial charge in [0.1, 0.15) is 5.82 Å². The Kier molecular flexibility index (Phi) is 4.71. The fourth-order valence-electron chi connectivity index (χ4n) is 1.97. The third-order valence-electron chi connectivity index (χ3n) is 2.95. The van der Waals surface area contributed by atoms with Crippen LogP contribution >= 0.6 is 27.3 Å². The topological polar surface area (TPSA) is 24.9 Å². The summed E-state index contributed by atoms with van der Waals surface area (Å²) in [7, 11) is 0. The maximum absolute atomic E-state index is 13.7. The number of aryl methyl sites for hydroxylation is 2. The van der Waals surface area contributed by atoms with Gasteiger partial charge in [-0.3, -0.25) is 0 Å². The second-order valence-electron chi connectivity index (χ2n) is 4.52. The van der Waals surface area contributed by atoms with Gasteiger partial charge >= 0.3 is 0 Å². The minimum absolute atomic E-state index is 0.175. The fraction of sp³-hybridized carbons (Fsp3) is 0.357. The second-order valence-corrected chi connectivity index (χ2v) is 6.67. The molecule has 5 heteroatoms. The van der Waals surface area contributed by atoms with Crippen LogP contribution in [0.2, 0.25) is 0 Å². The van der Waals surface area contributed by atoms with Crippen molar-refractivity contribution >= 4 is 27.3 Å². The summed E-state index contributed by atoms with van der Waals surface area (Å²) in [6.07, 6.45) is 0. The molecule has 0 aliphatic rings. The molecule has 0 bridgehead atoms. The summed E-state index contributed by atoms with van der Waals surface area (Å²) < 4.78 is 14.5.